The van der Waals surface area contributed by atoms with Crippen LogP contribution >= 0.6 is 0 Å². The molecule has 3 aromatic rings. The molecular weight excluding hydrogens is 572 g/mol. The SMILES string of the molecule is CN(C)[C@H]1C(=O)C(C(N)=O)C(=O)[C@]2(O)C(=O)C3C(=O)c4c(O)ccc(-c5ccc(NC(=O)c6ccno6)cc5)c4C[C@@H]3C[C@H]12. The van der Waals surface area contributed by atoms with E-state index in [2.05, 4.69) is 10.5 Å². The number of anilines is 1. The van der Waals surface area contributed by atoms with Gasteiger partial charge in [-0.05, 0) is 67.7 Å². The molecule has 2 unspecified atom stereocenters. The monoisotopic (exact) mass is 600 g/mol. The van der Waals surface area contributed by atoms with Crippen LogP contribution in [-0.2, 0) is 25.6 Å². The molecule has 2 amide bonds. The van der Waals surface area contributed by atoms with E-state index in [9.17, 15) is 39.0 Å². The molecule has 6 atom stereocenters. The summed E-state index contributed by atoms with van der Waals surface area (Å²) in [6.07, 6.45) is 1.42. The van der Waals surface area contributed by atoms with Crippen molar-refractivity contribution < 1.29 is 43.5 Å². The number of aliphatic hydroxyl groups is 1. The van der Waals surface area contributed by atoms with Crippen LogP contribution < -0.4 is 11.1 Å². The Bertz CT molecular complexity index is 1750. The van der Waals surface area contributed by atoms with Crippen LogP contribution in [0.2, 0.25) is 0 Å². The van der Waals surface area contributed by atoms with E-state index in [1.165, 1.54) is 37.3 Å². The number of Topliss-reactive ketones (excluding diaryl/α,β-unsaturated/α-hetero) is 4. The first-order chi connectivity index (χ1) is 20.9. The van der Waals surface area contributed by atoms with Crippen LogP contribution in [-0.4, -0.2) is 81.0 Å². The normalized spacial score (nSPS) is 27.9. The zero-order valence-corrected chi connectivity index (χ0v) is 23.6. The number of hydrogen-bond acceptors (Lipinski definition) is 11. The zero-order valence-electron chi connectivity index (χ0n) is 23.6. The molecule has 0 radical (unpaired) electrons. The molecule has 13 nitrogen and oxygen atoms in total. The largest absolute Gasteiger partial charge is 0.507 e. The van der Waals surface area contributed by atoms with Crippen molar-refractivity contribution >= 4 is 40.6 Å². The molecule has 226 valence electrons. The van der Waals surface area contributed by atoms with Gasteiger partial charge in [-0.1, -0.05) is 23.4 Å². The van der Waals surface area contributed by atoms with Crippen LogP contribution in [0.4, 0.5) is 5.69 Å². The summed E-state index contributed by atoms with van der Waals surface area (Å²) >= 11 is 0. The highest BCUT2D eigenvalue weighted by molar-refractivity contribution is 6.32. The molecule has 2 fully saturated rings. The zero-order chi connectivity index (χ0) is 31.7. The number of hydrogen-bond donors (Lipinski definition) is 4. The highest BCUT2D eigenvalue weighted by Crippen LogP contribution is 2.51. The van der Waals surface area contributed by atoms with Gasteiger partial charge in [0.15, 0.2) is 34.7 Å². The molecule has 0 aliphatic heterocycles. The van der Waals surface area contributed by atoms with Gasteiger partial charge < -0.3 is 25.8 Å². The van der Waals surface area contributed by atoms with Crippen molar-refractivity contribution in [1.29, 1.82) is 0 Å². The third-order valence-corrected chi connectivity index (χ3v) is 9.06. The van der Waals surface area contributed by atoms with Crippen LogP contribution in [0.25, 0.3) is 11.1 Å². The summed E-state index contributed by atoms with van der Waals surface area (Å²) in [7, 11) is 3.06. The quantitative estimate of drug-likeness (QED) is 0.301. The fourth-order valence-corrected chi connectivity index (χ4v) is 7.13. The van der Waals surface area contributed by atoms with E-state index in [0.717, 1.165) is 0 Å². The van der Waals surface area contributed by atoms with E-state index in [1.54, 1.807) is 30.3 Å². The number of primary amides is 1. The Hall–Kier alpha value is -5.01. The Balaban J connectivity index is 1.38. The first-order valence-corrected chi connectivity index (χ1v) is 13.9. The number of rotatable bonds is 5. The highest BCUT2D eigenvalue weighted by Gasteiger charge is 2.69. The predicted molar refractivity (Wildman–Crippen MR) is 151 cm³/mol. The van der Waals surface area contributed by atoms with Gasteiger partial charge in [0.25, 0.3) is 5.91 Å². The Morgan fingerprint density at radius 2 is 1.75 bits per heavy atom. The van der Waals surface area contributed by atoms with Gasteiger partial charge in [0.1, 0.15) is 5.75 Å². The number of fused-ring (bicyclic) bond motifs is 3. The van der Waals surface area contributed by atoms with Crippen LogP contribution in [0.5, 0.6) is 5.75 Å². The lowest BCUT2D eigenvalue weighted by molar-refractivity contribution is -0.181. The van der Waals surface area contributed by atoms with Gasteiger partial charge in [-0.3, -0.25) is 33.7 Å². The van der Waals surface area contributed by atoms with Crippen molar-refractivity contribution in [2.75, 3.05) is 19.4 Å². The summed E-state index contributed by atoms with van der Waals surface area (Å²) < 4.78 is 4.86. The van der Waals surface area contributed by atoms with Crippen LogP contribution in [0.15, 0.2) is 53.2 Å². The van der Waals surface area contributed by atoms with Gasteiger partial charge in [-0.15, -0.1) is 0 Å². The van der Waals surface area contributed by atoms with Gasteiger partial charge in [-0.2, -0.15) is 0 Å². The molecular formula is C31H28N4O9. The number of nitrogens with one attached hydrogen (secondary N) is 1. The fraction of sp³-hybridized carbons (Fsp3) is 0.323. The van der Waals surface area contributed by atoms with Gasteiger partial charge >= 0.3 is 0 Å². The van der Waals surface area contributed by atoms with Crippen molar-refractivity contribution in [3.05, 3.63) is 65.5 Å². The number of benzene rings is 2. The first kappa shape index (κ1) is 29.1. The third kappa shape index (κ3) is 4.19. The lowest BCUT2D eigenvalue weighted by atomic mass is 9.52. The Kier molecular flexibility index (Phi) is 6.82. The van der Waals surface area contributed by atoms with E-state index >= 15 is 0 Å². The number of nitrogens with zero attached hydrogens (tertiary/aromatic N) is 2. The summed E-state index contributed by atoms with van der Waals surface area (Å²) in [5, 5.41) is 28.7. The molecule has 44 heavy (non-hydrogen) atoms. The summed E-state index contributed by atoms with van der Waals surface area (Å²) in [6, 6.07) is 9.94. The maximum Gasteiger partial charge on any atom is 0.294 e. The maximum atomic E-state index is 14.0. The van der Waals surface area contributed by atoms with Crippen LogP contribution in [0.3, 0.4) is 0 Å². The number of likely N-dealkylation sites (N-methyl/N-ethyl adjacent to an activating group) is 1. The number of nitrogens with two attached hydrogens (primary N) is 1. The van der Waals surface area contributed by atoms with Crippen molar-refractivity contribution in [3.8, 4) is 16.9 Å². The Morgan fingerprint density at radius 3 is 2.36 bits per heavy atom. The summed E-state index contributed by atoms with van der Waals surface area (Å²) in [6.45, 7) is 0. The van der Waals surface area contributed by atoms with E-state index < -0.39 is 70.3 Å². The topological polar surface area (TPSA) is 210 Å². The van der Waals surface area contributed by atoms with Crippen molar-refractivity contribution in [2.45, 2.75) is 24.5 Å². The smallest absolute Gasteiger partial charge is 0.294 e. The number of aromatic hydroxyl groups is 1. The molecule has 0 spiro atoms. The van der Waals surface area contributed by atoms with E-state index in [-0.39, 0.29) is 29.9 Å². The van der Waals surface area contributed by atoms with Gasteiger partial charge in [-0.25, -0.2) is 0 Å². The number of phenols is 1. The van der Waals surface area contributed by atoms with Crippen LogP contribution in [0, 0.1) is 23.7 Å². The molecule has 0 saturated heterocycles. The number of ketones is 4. The molecule has 13 heteroatoms. The minimum atomic E-state index is -2.78. The summed E-state index contributed by atoms with van der Waals surface area (Å²) in [5.74, 6) is -11.5. The van der Waals surface area contributed by atoms with E-state index in [4.69, 9.17) is 10.3 Å². The van der Waals surface area contributed by atoms with Crippen molar-refractivity contribution in [2.24, 2.45) is 29.4 Å². The maximum absolute atomic E-state index is 14.0. The first-order valence-electron chi connectivity index (χ1n) is 13.9. The fourth-order valence-electron chi connectivity index (χ4n) is 7.13. The molecule has 2 aromatic carbocycles. The predicted octanol–water partition coefficient (Wildman–Crippen LogP) is 0.774. The summed E-state index contributed by atoms with van der Waals surface area (Å²) in [5.41, 5.74) is 4.66. The van der Waals surface area contributed by atoms with Gasteiger partial charge in [0.2, 0.25) is 11.7 Å². The number of carbonyl (C=O) groups excluding carboxylic acids is 6. The second kappa shape index (κ2) is 10.3. The standard InChI is InChI=1S/C31H28N4O9/c1-35(2)24-18-12-14-11-17-16(13-3-5-15(6-4-13)34-30(42)20-9-10-33-44-20)7-8-19(36)22(17)25(37)21(14)27(39)31(18,43)28(40)23(26(24)38)29(32)41/h3-10,14,18,21,23-24,36,43H,11-12H2,1-2H3,(H2,32,41)(H,34,42)/t14-,18-,21?,23?,24-,31-/m1/s1. The minimum Gasteiger partial charge on any atom is -0.507 e. The number of aromatic nitrogens is 1. The minimum absolute atomic E-state index is 0.0340. The van der Waals surface area contributed by atoms with Crippen LogP contribution in [0.1, 0.15) is 32.9 Å². The molecule has 0 bridgehead atoms. The lowest BCUT2D eigenvalue weighted by Gasteiger charge is -2.52. The van der Waals surface area contributed by atoms with Crippen molar-refractivity contribution in [3.63, 3.8) is 0 Å². The number of phenolic OH excluding ortho intramolecular Hbond substituents is 1. The van der Waals surface area contributed by atoms with E-state index in [0.29, 0.717) is 22.4 Å². The number of amides is 2. The van der Waals surface area contributed by atoms with E-state index in [1.807, 2.05) is 0 Å². The highest BCUT2D eigenvalue weighted by atomic mass is 16.5. The second-order valence-corrected chi connectivity index (χ2v) is 11.7. The third-order valence-electron chi connectivity index (χ3n) is 9.06. The average molecular weight is 601 g/mol. The molecule has 3 aliphatic rings. The Labute approximate surface area is 250 Å². The number of carbonyl (C=O) groups is 6. The molecule has 3 aliphatic carbocycles. The van der Waals surface area contributed by atoms with Gasteiger partial charge in [0, 0.05) is 17.7 Å². The molecule has 1 aromatic heterocycles. The lowest BCUT2D eigenvalue weighted by Crippen LogP contribution is -2.74. The molecule has 5 N–H and O–H groups in total. The second-order valence-electron chi connectivity index (χ2n) is 11.7. The van der Waals surface area contributed by atoms with Crippen molar-refractivity contribution in [1.82, 2.24) is 10.1 Å². The molecule has 1 heterocycles. The summed E-state index contributed by atoms with van der Waals surface area (Å²) in [4.78, 5) is 80.5. The van der Waals surface area contributed by atoms with Gasteiger partial charge in [0.05, 0.1) is 23.7 Å². The molecule has 6 rings (SSSR count). The Morgan fingerprint density at radius 1 is 1.05 bits per heavy atom. The average Bonchev–Trinajstić information content (AvgIpc) is 3.51. The molecule has 2 saturated carbocycles.